The van der Waals surface area contributed by atoms with E-state index in [9.17, 15) is 8.42 Å². The Kier molecular flexibility index (Phi) is 3.51. The summed E-state index contributed by atoms with van der Waals surface area (Å²) in [6.45, 7) is 0. The van der Waals surface area contributed by atoms with Gasteiger partial charge in [-0.15, -0.1) is 0 Å². The van der Waals surface area contributed by atoms with Crippen molar-refractivity contribution < 1.29 is 13.2 Å². The fourth-order valence-corrected chi connectivity index (χ4v) is 3.82. The number of benzene rings is 1. The van der Waals surface area contributed by atoms with Crippen molar-refractivity contribution in [3.8, 4) is 0 Å². The molecule has 4 nitrogen and oxygen atoms in total. The topological polar surface area (TPSA) is 55.4 Å². The highest BCUT2D eigenvalue weighted by atomic mass is 32.2. The average molecular weight is 255 g/mol. The number of hydrogen-bond donors (Lipinski definition) is 1. The molecule has 1 aromatic rings. The largest absolute Gasteiger partial charge is 0.362 e. The zero-order chi connectivity index (χ0) is 12.5. The third-order valence-electron chi connectivity index (χ3n) is 3.08. The Labute approximate surface area is 102 Å². The van der Waals surface area contributed by atoms with Crippen LogP contribution in [-0.2, 0) is 21.0 Å². The van der Waals surface area contributed by atoms with Crippen LogP contribution in [0.15, 0.2) is 23.1 Å². The number of methoxy groups -OCH3 is 1. The molecule has 1 N–H and O–H groups in total. The first-order valence-electron chi connectivity index (χ1n) is 5.64. The number of nitrogens with one attached hydrogen (secondary N) is 1. The summed E-state index contributed by atoms with van der Waals surface area (Å²) in [6.07, 6.45) is 1.34. The molecule has 0 fully saturated rings. The molecular formula is C12H17NO3S. The van der Waals surface area contributed by atoms with Crippen molar-refractivity contribution in [2.75, 3.05) is 19.9 Å². The van der Waals surface area contributed by atoms with Gasteiger partial charge in [0.25, 0.3) is 0 Å². The number of hydrogen-bond acceptors (Lipinski definition) is 4. The van der Waals surface area contributed by atoms with Crippen LogP contribution in [0.1, 0.15) is 23.8 Å². The molecule has 1 atom stereocenters. The van der Waals surface area contributed by atoms with Gasteiger partial charge in [0.1, 0.15) is 6.23 Å². The molecule has 0 saturated carbocycles. The number of aryl methyl sites for hydroxylation is 1. The van der Waals surface area contributed by atoms with E-state index in [4.69, 9.17) is 4.74 Å². The van der Waals surface area contributed by atoms with Gasteiger partial charge in [0.2, 0.25) is 0 Å². The quantitative estimate of drug-likeness (QED) is 0.826. The SMILES string of the molecule is CNC(OC)c1ccc2c(c1)CCCS2(=O)=O. The van der Waals surface area contributed by atoms with Crippen LogP contribution in [0, 0.1) is 0 Å². The van der Waals surface area contributed by atoms with Crippen molar-refractivity contribution in [2.45, 2.75) is 24.0 Å². The maximum Gasteiger partial charge on any atom is 0.178 e. The Balaban J connectivity index is 2.44. The molecule has 1 aliphatic heterocycles. The second kappa shape index (κ2) is 4.76. The first-order chi connectivity index (χ1) is 8.08. The highest BCUT2D eigenvalue weighted by Crippen LogP contribution is 2.27. The van der Waals surface area contributed by atoms with E-state index in [1.165, 1.54) is 0 Å². The summed E-state index contributed by atoms with van der Waals surface area (Å²) in [5.41, 5.74) is 1.87. The fraction of sp³-hybridized carbons (Fsp3) is 0.500. The minimum Gasteiger partial charge on any atom is -0.362 e. The van der Waals surface area contributed by atoms with Crippen molar-refractivity contribution in [3.63, 3.8) is 0 Å². The van der Waals surface area contributed by atoms with E-state index in [2.05, 4.69) is 5.32 Å². The summed E-state index contributed by atoms with van der Waals surface area (Å²) >= 11 is 0. The van der Waals surface area contributed by atoms with E-state index in [-0.39, 0.29) is 12.0 Å². The number of rotatable bonds is 3. The van der Waals surface area contributed by atoms with E-state index in [0.29, 0.717) is 11.3 Å². The lowest BCUT2D eigenvalue weighted by Crippen LogP contribution is -2.20. The molecule has 1 aliphatic rings. The van der Waals surface area contributed by atoms with E-state index in [0.717, 1.165) is 17.5 Å². The second-order valence-electron chi connectivity index (χ2n) is 4.19. The van der Waals surface area contributed by atoms with Gasteiger partial charge in [-0.1, -0.05) is 12.1 Å². The third-order valence-corrected chi connectivity index (χ3v) is 4.97. The Morgan fingerprint density at radius 3 is 2.82 bits per heavy atom. The maximum atomic E-state index is 11.8. The molecule has 0 radical (unpaired) electrons. The zero-order valence-corrected chi connectivity index (χ0v) is 10.9. The second-order valence-corrected chi connectivity index (χ2v) is 6.27. The van der Waals surface area contributed by atoms with Gasteiger partial charge in [-0.25, -0.2) is 8.42 Å². The predicted molar refractivity (Wildman–Crippen MR) is 65.6 cm³/mol. The molecule has 0 aliphatic carbocycles. The number of fused-ring (bicyclic) bond motifs is 1. The molecule has 94 valence electrons. The Hall–Kier alpha value is -0.910. The standard InChI is InChI=1S/C12H17NO3S/c1-13-12(16-2)10-5-6-11-9(8-10)4-3-7-17(11,14)15/h5-6,8,12-13H,3-4,7H2,1-2H3. The first-order valence-corrected chi connectivity index (χ1v) is 7.29. The van der Waals surface area contributed by atoms with Crippen molar-refractivity contribution >= 4 is 9.84 Å². The lowest BCUT2D eigenvalue weighted by molar-refractivity contribution is 0.0808. The normalized spacial score (nSPS) is 19.6. The lowest BCUT2D eigenvalue weighted by Gasteiger charge is -2.20. The zero-order valence-electron chi connectivity index (χ0n) is 10.1. The molecule has 17 heavy (non-hydrogen) atoms. The summed E-state index contributed by atoms with van der Waals surface area (Å²) in [7, 11) is 0.373. The molecule has 1 aromatic carbocycles. The Morgan fingerprint density at radius 1 is 1.41 bits per heavy atom. The molecule has 0 bridgehead atoms. The maximum absolute atomic E-state index is 11.8. The monoisotopic (exact) mass is 255 g/mol. The average Bonchev–Trinajstić information content (AvgIpc) is 2.30. The van der Waals surface area contributed by atoms with Gasteiger partial charge < -0.3 is 4.74 Å². The van der Waals surface area contributed by atoms with Crippen LogP contribution in [0.5, 0.6) is 0 Å². The molecule has 2 rings (SSSR count). The van der Waals surface area contributed by atoms with Crippen LogP contribution in [0.25, 0.3) is 0 Å². The van der Waals surface area contributed by atoms with Gasteiger partial charge in [0.15, 0.2) is 9.84 Å². The smallest absolute Gasteiger partial charge is 0.178 e. The minimum absolute atomic E-state index is 0.190. The van der Waals surface area contributed by atoms with Crippen LogP contribution in [0.4, 0.5) is 0 Å². The van der Waals surface area contributed by atoms with Gasteiger partial charge in [-0.2, -0.15) is 0 Å². The summed E-state index contributed by atoms with van der Waals surface area (Å²) < 4.78 is 29.0. The van der Waals surface area contributed by atoms with Crippen LogP contribution in [0.2, 0.25) is 0 Å². The third kappa shape index (κ3) is 2.36. The van der Waals surface area contributed by atoms with Crippen LogP contribution >= 0.6 is 0 Å². The number of sulfone groups is 1. The molecule has 1 heterocycles. The highest BCUT2D eigenvalue weighted by Gasteiger charge is 2.24. The molecule has 0 amide bonds. The van der Waals surface area contributed by atoms with Gasteiger partial charge >= 0.3 is 0 Å². The van der Waals surface area contributed by atoms with Crippen molar-refractivity contribution in [3.05, 3.63) is 29.3 Å². The minimum atomic E-state index is -3.06. The lowest BCUT2D eigenvalue weighted by atomic mass is 10.1. The molecule has 0 spiro atoms. The Bertz CT molecular complexity index is 506. The number of ether oxygens (including phenoxy) is 1. The molecule has 1 unspecified atom stereocenters. The summed E-state index contributed by atoms with van der Waals surface area (Å²) in [5, 5.41) is 3.02. The molecule has 0 saturated heterocycles. The van der Waals surface area contributed by atoms with E-state index in [1.54, 1.807) is 13.2 Å². The van der Waals surface area contributed by atoms with Crippen molar-refractivity contribution in [1.29, 1.82) is 0 Å². The molecule has 0 aromatic heterocycles. The molecule has 5 heteroatoms. The predicted octanol–water partition coefficient (Wildman–Crippen LogP) is 1.27. The summed E-state index contributed by atoms with van der Waals surface area (Å²) in [4.78, 5) is 0.485. The van der Waals surface area contributed by atoms with E-state index < -0.39 is 9.84 Å². The van der Waals surface area contributed by atoms with Crippen LogP contribution in [-0.4, -0.2) is 28.3 Å². The van der Waals surface area contributed by atoms with Gasteiger partial charge in [0, 0.05) is 7.11 Å². The van der Waals surface area contributed by atoms with Crippen LogP contribution in [0.3, 0.4) is 0 Å². The van der Waals surface area contributed by atoms with Gasteiger partial charge in [-0.05, 0) is 37.1 Å². The summed E-state index contributed by atoms with van der Waals surface area (Å²) in [5.74, 6) is 0.263. The Morgan fingerprint density at radius 2 is 2.18 bits per heavy atom. The molecular weight excluding hydrogens is 238 g/mol. The van der Waals surface area contributed by atoms with E-state index in [1.807, 2.05) is 19.2 Å². The van der Waals surface area contributed by atoms with Gasteiger partial charge in [-0.3, -0.25) is 5.32 Å². The first kappa shape index (κ1) is 12.5. The fourth-order valence-electron chi connectivity index (χ4n) is 2.24. The van der Waals surface area contributed by atoms with Crippen LogP contribution < -0.4 is 5.32 Å². The van der Waals surface area contributed by atoms with Gasteiger partial charge in [0.05, 0.1) is 10.6 Å². The highest BCUT2D eigenvalue weighted by molar-refractivity contribution is 7.91. The summed E-state index contributed by atoms with van der Waals surface area (Å²) in [6, 6.07) is 5.44. The van der Waals surface area contributed by atoms with Crippen molar-refractivity contribution in [1.82, 2.24) is 5.32 Å². The van der Waals surface area contributed by atoms with E-state index >= 15 is 0 Å². The van der Waals surface area contributed by atoms with Crippen molar-refractivity contribution in [2.24, 2.45) is 0 Å².